The summed E-state index contributed by atoms with van der Waals surface area (Å²) in [6, 6.07) is 0. The first kappa shape index (κ1) is 12.2. The first-order valence-electron chi connectivity index (χ1n) is 3.95. The van der Waals surface area contributed by atoms with E-state index in [0.717, 1.165) is 25.9 Å². The van der Waals surface area contributed by atoms with Crippen molar-refractivity contribution in [3.63, 3.8) is 0 Å². The van der Waals surface area contributed by atoms with Crippen molar-refractivity contribution in [2.24, 2.45) is 5.92 Å². The summed E-state index contributed by atoms with van der Waals surface area (Å²) in [7, 11) is 2.03. The van der Waals surface area contributed by atoms with Crippen molar-refractivity contribution < 1.29 is 18.3 Å². The van der Waals surface area contributed by atoms with Gasteiger partial charge in [-0.25, -0.2) is 0 Å². The Bertz CT molecular complexity index is 195. The molecule has 0 aromatic rings. The van der Waals surface area contributed by atoms with Gasteiger partial charge in [0, 0.05) is 0 Å². The van der Waals surface area contributed by atoms with E-state index in [4.69, 9.17) is 13.5 Å². The SMILES string of the molecule is CN1CCC(C(=O)O)CC1.O=S=O. The number of piperidine rings is 1. The van der Waals surface area contributed by atoms with Crippen LogP contribution in [0.5, 0.6) is 0 Å². The molecule has 0 saturated carbocycles. The lowest BCUT2D eigenvalue weighted by atomic mass is 9.98. The largest absolute Gasteiger partial charge is 0.481 e. The average Bonchev–Trinajstić information content (AvgIpc) is 2.06. The van der Waals surface area contributed by atoms with Crippen molar-refractivity contribution >= 4 is 17.5 Å². The van der Waals surface area contributed by atoms with Crippen molar-refractivity contribution in [1.82, 2.24) is 4.90 Å². The third kappa shape index (κ3) is 5.48. The van der Waals surface area contributed by atoms with Crippen LogP contribution >= 0.6 is 0 Å². The molecule has 1 rings (SSSR count). The van der Waals surface area contributed by atoms with Gasteiger partial charge in [0.05, 0.1) is 5.92 Å². The van der Waals surface area contributed by atoms with Gasteiger partial charge in [0.15, 0.2) is 0 Å². The van der Waals surface area contributed by atoms with E-state index >= 15 is 0 Å². The number of carboxylic acid groups (broad SMARTS) is 1. The number of carboxylic acids is 1. The van der Waals surface area contributed by atoms with Crippen LogP contribution in [-0.4, -0.2) is 44.5 Å². The first-order valence-corrected chi connectivity index (χ1v) is 4.61. The maximum Gasteiger partial charge on any atom is 0.335 e. The molecule has 0 atom stereocenters. The van der Waals surface area contributed by atoms with Crippen LogP contribution in [0.3, 0.4) is 0 Å². The number of nitrogens with zero attached hydrogens (tertiary/aromatic N) is 1. The third-order valence-electron chi connectivity index (χ3n) is 2.07. The van der Waals surface area contributed by atoms with E-state index < -0.39 is 17.5 Å². The lowest BCUT2D eigenvalue weighted by Gasteiger charge is -2.25. The van der Waals surface area contributed by atoms with Gasteiger partial charge < -0.3 is 10.0 Å². The average molecular weight is 207 g/mol. The molecule has 0 bridgehead atoms. The molecule has 0 aromatic carbocycles. The van der Waals surface area contributed by atoms with Crippen LogP contribution in [0.1, 0.15) is 12.8 Å². The summed E-state index contributed by atoms with van der Waals surface area (Å²) in [6.45, 7) is 1.86. The van der Waals surface area contributed by atoms with Crippen LogP contribution in [0, 0.1) is 5.92 Å². The summed E-state index contributed by atoms with van der Waals surface area (Å²) in [5.41, 5.74) is 0. The number of carbonyl (C=O) groups is 1. The van der Waals surface area contributed by atoms with E-state index in [0.29, 0.717) is 0 Å². The number of hydrogen-bond donors (Lipinski definition) is 1. The minimum absolute atomic E-state index is 0.0869. The molecule has 0 radical (unpaired) electrons. The molecule has 6 heteroatoms. The zero-order chi connectivity index (χ0) is 10.3. The van der Waals surface area contributed by atoms with Gasteiger partial charge in [-0.15, -0.1) is 0 Å². The molecule has 1 fully saturated rings. The molecular weight excluding hydrogens is 194 g/mol. The fraction of sp³-hybridized carbons (Fsp3) is 0.857. The lowest BCUT2D eigenvalue weighted by molar-refractivity contribution is -0.143. The first-order chi connectivity index (χ1) is 6.11. The van der Waals surface area contributed by atoms with E-state index in [2.05, 4.69) is 4.90 Å². The molecule has 5 nitrogen and oxygen atoms in total. The summed E-state index contributed by atoms with van der Waals surface area (Å²) >= 11 is -0.750. The molecule has 1 aliphatic heterocycles. The predicted octanol–water partition coefficient (Wildman–Crippen LogP) is -0.257. The Balaban J connectivity index is 0.000000424. The molecular formula is C7H13NO4S. The molecule has 1 heterocycles. The second-order valence-corrected chi connectivity index (χ2v) is 3.12. The molecule has 1 N–H and O–H groups in total. The Morgan fingerprint density at radius 1 is 1.38 bits per heavy atom. The smallest absolute Gasteiger partial charge is 0.335 e. The van der Waals surface area contributed by atoms with Crippen molar-refractivity contribution in [1.29, 1.82) is 0 Å². The van der Waals surface area contributed by atoms with Crippen LogP contribution in [0.4, 0.5) is 0 Å². The number of hydrogen-bond acceptors (Lipinski definition) is 4. The topological polar surface area (TPSA) is 74.7 Å². The van der Waals surface area contributed by atoms with E-state index in [-0.39, 0.29) is 5.92 Å². The maximum atomic E-state index is 10.4. The lowest BCUT2D eigenvalue weighted by Crippen LogP contribution is -2.33. The van der Waals surface area contributed by atoms with Crippen LogP contribution in [-0.2, 0) is 16.4 Å². The molecule has 0 spiro atoms. The van der Waals surface area contributed by atoms with Gasteiger partial charge in [0.2, 0.25) is 0 Å². The number of rotatable bonds is 1. The van der Waals surface area contributed by atoms with Crippen molar-refractivity contribution in [2.45, 2.75) is 12.8 Å². The Hall–Kier alpha value is -0.750. The molecule has 0 unspecified atom stereocenters. The number of aliphatic carboxylic acids is 1. The van der Waals surface area contributed by atoms with Crippen molar-refractivity contribution in [3.8, 4) is 0 Å². The highest BCUT2D eigenvalue weighted by atomic mass is 32.1. The zero-order valence-corrected chi connectivity index (χ0v) is 8.25. The zero-order valence-electron chi connectivity index (χ0n) is 7.43. The van der Waals surface area contributed by atoms with Crippen molar-refractivity contribution in [3.05, 3.63) is 0 Å². The quantitative estimate of drug-likeness (QED) is 0.641. The molecule has 76 valence electrons. The number of likely N-dealkylation sites (tertiary alicyclic amines) is 1. The normalized spacial score (nSPS) is 18.5. The van der Waals surface area contributed by atoms with Crippen LogP contribution in [0.15, 0.2) is 0 Å². The third-order valence-corrected chi connectivity index (χ3v) is 2.07. The maximum absolute atomic E-state index is 10.4. The van der Waals surface area contributed by atoms with Crippen molar-refractivity contribution in [2.75, 3.05) is 20.1 Å². The fourth-order valence-corrected chi connectivity index (χ4v) is 1.26. The van der Waals surface area contributed by atoms with Gasteiger partial charge in [-0.3, -0.25) is 4.79 Å². The predicted molar refractivity (Wildman–Crippen MR) is 46.8 cm³/mol. The van der Waals surface area contributed by atoms with Crippen LogP contribution in [0.2, 0.25) is 0 Å². The molecule has 0 aliphatic carbocycles. The minimum Gasteiger partial charge on any atom is -0.481 e. The Labute approximate surface area is 80.3 Å². The molecule has 1 aliphatic rings. The standard InChI is InChI=1S/C7H13NO2.O2S/c1-8-4-2-6(3-5-8)7(9)10;1-3-2/h6H,2-5H2,1H3,(H,9,10);. The minimum atomic E-state index is -0.750. The summed E-state index contributed by atoms with van der Waals surface area (Å²) < 4.78 is 16.6. The second kappa shape index (κ2) is 6.73. The molecule has 13 heavy (non-hydrogen) atoms. The van der Waals surface area contributed by atoms with Gasteiger partial charge in [-0.2, -0.15) is 8.42 Å². The van der Waals surface area contributed by atoms with Gasteiger partial charge in [-0.05, 0) is 33.0 Å². The molecule has 1 saturated heterocycles. The monoisotopic (exact) mass is 207 g/mol. The Morgan fingerprint density at radius 2 is 1.77 bits per heavy atom. The highest BCUT2D eigenvalue weighted by Gasteiger charge is 2.21. The van der Waals surface area contributed by atoms with E-state index in [1.165, 1.54) is 0 Å². The summed E-state index contributed by atoms with van der Waals surface area (Å²) in [5, 5.41) is 8.61. The van der Waals surface area contributed by atoms with E-state index in [9.17, 15) is 4.79 Å². The van der Waals surface area contributed by atoms with Gasteiger partial charge in [0.25, 0.3) is 0 Å². The van der Waals surface area contributed by atoms with Gasteiger partial charge in [-0.1, -0.05) is 0 Å². The summed E-state index contributed by atoms with van der Waals surface area (Å²) in [5.74, 6) is -0.718. The summed E-state index contributed by atoms with van der Waals surface area (Å²) in [4.78, 5) is 12.6. The van der Waals surface area contributed by atoms with Crippen LogP contribution in [0.25, 0.3) is 0 Å². The highest BCUT2D eigenvalue weighted by molar-refractivity contribution is 7.51. The van der Waals surface area contributed by atoms with E-state index in [1.807, 2.05) is 7.05 Å². The highest BCUT2D eigenvalue weighted by Crippen LogP contribution is 2.15. The Morgan fingerprint density at radius 3 is 2.08 bits per heavy atom. The molecule has 0 aromatic heterocycles. The van der Waals surface area contributed by atoms with E-state index in [1.54, 1.807) is 0 Å². The second-order valence-electron chi connectivity index (χ2n) is 2.98. The van der Waals surface area contributed by atoms with Gasteiger partial charge >= 0.3 is 17.5 Å². The summed E-state index contributed by atoms with van der Waals surface area (Å²) in [6.07, 6.45) is 1.62. The van der Waals surface area contributed by atoms with Crippen LogP contribution < -0.4 is 0 Å². The molecule has 0 amide bonds. The van der Waals surface area contributed by atoms with Gasteiger partial charge in [0.1, 0.15) is 0 Å². The Kier molecular flexibility index (Phi) is 6.34. The fourth-order valence-electron chi connectivity index (χ4n) is 1.26.